The average Bonchev–Trinajstić information content (AvgIpc) is 3.09. The fourth-order valence-corrected chi connectivity index (χ4v) is 2.86. The molecule has 1 unspecified atom stereocenters. The van der Waals surface area contributed by atoms with Crippen molar-refractivity contribution in [1.82, 2.24) is 4.90 Å². The minimum Gasteiger partial charge on any atom is -0.497 e. The first-order chi connectivity index (χ1) is 12.8. The standard InChI is InChI=1S/C19H18F3NO4/c1-25-14-5-7-15(8-6-14)26-17-9-10-23(12-17)18(24)13-3-2-4-16(11-13)27-19(20,21)22/h2-8,11,17H,9-10,12H2,1H3. The van der Waals surface area contributed by atoms with Gasteiger partial charge in [-0.3, -0.25) is 4.79 Å². The van der Waals surface area contributed by atoms with Gasteiger partial charge >= 0.3 is 6.36 Å². The number of alkyl halides is 3. The number of methoxy groups -OCH3 is 1. The zero-order chi connectivity index (χ0) is 19.4. The zero-order valence-corrected chi connectivity index (χ0v) is 14.5. The van der Waals surface area contributed by atoms with Crippen LogP contribution in [0.1, 0.15) is 16.8 Å². The van der Waals surface area contributed by atoms with Gasteiger partial charge in [0.15, 0.2) is 0 Å². The monoisotopic (exact) mass is 381 g/mol. The molecule has 0 radical (unpaired) electrons. The summed E-state index contributed by atoms with van der Waals surface area (Å²) in [4.78, 5) is 14.1. The Bertz CT molecular complexity index is 792. The molecule has 1 amide bonds. The molecule has 27 heavy (non-hydrogen) atoms. The summed E-state index contributed by atoms with van der Waals surface area (Å²) in [5, 5.41) is 0. The summed E-state index contributed by atoms with van der Waals surface area (Å²) in [5.41, 5.74) is 0.141. The van der Waals surface area contributed by atoms with E-state index in [9.17, 15) is 18.0 Å². The number of nitrogens with zero attached hydrogens (tertiary/aromatic N) is 1. The Kier molecular flexibility index (Phi) is 5.43. The lowest BCUT2D eigenvalue weighted by Crippen LogP contribution is -2.31. The van der Waals surface area contributed by atoms with E-state index in [0.29, 0.717) is 31.0 Å². The Morgan fingerprint density at radius 1 is 1.07 bits per heavy atom. The van der Waals surface area contributed by atoms with Crippen LogP contribution in [0.5, 0.6) is 17.2 Å². The van der Waals surface area contributed by atoms with Crippen LogP contribution in [-0.2, 0) is 0 Å². The number of carbonyl (C=O) groups excluding carboxylic acids is 1. The fraction of sp³-hybridized carbons (Fsp3) is 0.316. The molecule has 1 fully saturated rings. The van der Waals surface area contributed by atoms with Crippen molar-refractivity contribution < 1.29 is 32.2 Å². The third-order valence-electron chi connectivity index (χ3n) is 4.11. The predicted molar refractivity (Wildman–Crippen MR) is 91.1 cm³/mol. The normalized spacial score (nSPS) is 16.9. The highest BCUT2D eigenvalue weighted by Crippen LogP contribution is 2.25. The highest BCUT2D eigenvalue weighted by Gasteiger charge is 2.32. The van der Waals surface area contributed by atoms with Gasteiger partial charge in [0.05, 0.1) is 13.7 Å². The van der Waals surface area contributed by atoms with E-state index in [1.165, 1.54) is 12.1 Å². The zero-order valence-electron chi connectivity index (χ0n) is 14.5. The molecule has 1 aliphatic rings. The van der Waals surface area contributed by atoms with Crippen LogP contribution >= 0.6 is 0 Å². The van der Waals surface area contributed by atoms with Crippen LogP contribution in [0.15, 0.2) is 48.5 Å². The van der Waals surface area contributed by atoms with Crippen LogP contribution in [0, 0.1) is 0 Å². The number of halogens is 3. The van der Waals surface area contributed by atoms with Crippen LogP contribution in [0.3, 0.4) is 0 Å². The van der Waals surface area contributed by atoms with Gasteiger partial charge in [0.25, 0.3) is 5.91 Å². The topological polar surface area (TPSA) is 48.0 Å². The second-order valence-electron chi connectivity index (χ2n) is 6.03. The molecule has 0 aromatic heterocycles. The SMILES string of the molecule is COc1ccc(OC2CCN(C(=O)c3cccc(OC(F)(F)F)c3)C2)cc1. The maximum Gasteiger partial charge on any atom is 0.573 e. The van der Waals surface area contributed by atoms with Crippen LogP contribution in [0.4, 0.5) is 13.2 Å². The third kappa shape index (κ3) is 5.06. The molecule has 5 nitrogen and oxygen atoms in total. The molecule has 0 N–H and O–H groups in total. The van der Waals surface area contributed by atoms with E-state index in [-0.39, 0.29) is 17.6 Å². The Morgan fingerprint density at radius 3 is 2.44 bits per heavy atom. The molecule has 0 aliphatic carbocycles. The van der Waals surface area contributed by atoms with Crippen molar-refractivity contribution in [2.24, 2.45) is 0 Å². The van der Waals surface area contributed by atoms with Crippen molar-refractivity contribution in [3.05, 3.63) is 54.1 Å². The quantitative estimate of drug-likeness (QED) is 0.789. The molecular weight excluding hydrogens is 363 g/mol. The second kappa shape index (κ2) is 7.77. The van der Waals surface area contributed by atoms with Crippen molar-refractivity contribution in [1.29, 1.82) is 0 Å². The number of amides is 1. The summed E-state index contributed by atoms with van der Waals surface area (Å²) in [7, 11) is 1.57. The lowest BCUT2D eigenvalue weighted by atomic mass is 10.2. The van der Waals surface area contributed by atoms with Crippen LogP contribution in [0.2, 0.25) is 0 Å². The van der Waals surface area contributed by atoms with Gasteiger partial charge in [-0.15, -0.1) is 13.2 Å². The molecule has 1 atom stereocenters. The Hall–Kier alpha value is -2.90. The number of benzene rings is 2. The van der Waals surface area contributed by atoms with Crippen molar-refractivity contribution >= 4 is 5.91 Å². The summed E-state index contributed by atoms with van der Waals surface area (Å²) in [6, 6.07) is 12.2. The van der Waals surface area contributed by atoms with Crippen LogP contribution in [-0.4, -0.2) is 43.5 Å². The van der Waals surface area contributed by atoms with Crippen LogP contribution < -0.4 is 14.2 Å². The molecule has 1 saturated heterocycles. The molecule has 0 bridgehead atoms. The number of likely N-dealkylation sites (tertiary alicyclic amines) is 1. The second-order valence-corrected chi connectivity index (χ2v) is 6.03. The molecule has 8 heteroatoms. The number of ether oxygens (including phenoxy) is 3. The van der Waals surface area contributed by atoms with Crippen LogP contribution in [0.25, 0.3) is 0 Å². The minimum atomic E-state index is -4.80. The minimum absolute atomic E-state index is 0.141. The molecule has 144 valence electrons. The molecular formula is C19H18F3NO4. The van der Waals surface area contributed by atoms with E-state index in [4.69, 9.17) is 9.47 Å². The molecule has 3 rings (SSSR count). The van der Waals surface area contributed by atoms with Gasteiger partial charge in [0.2, 0.25) is 0 Å². The number of rotatable bonds is 5. The van der Waals surface area contributed by atoms with Gasteiger partial charge in [-0.2, -0.15) is 0 Å². The molecule has 2 aromatic carbocycles. The molecule has 1 heterocycles. The summed E-state index contributed by atoms with van der Waals surface area (Å²) in [6.45, 7) is 0.819. The molecule has 0 saturated carbocycles. The highest BCUT2D eigenvalue weighted by molar-refractivity contribution is 5.94. The van der Waals surface area contributed by atoms with Crippen molar-refractivity contribution in [2.75, 3.05) is 20.2 Å². The van der Waals surface area contributed by atoms with E-state index >= 15 is 0 Å². The van der Waals surface area contributed by atoms with Crippen molar-refractivity contribution in [2.45, 2.75) is 18.9 Å². The fourth-order valence-electron chi connectivity index (χ4n) is 2.86. The Balaban J connectivity index is 1.61. The van der Waals surface area contributed by atoms with E-state index in [0.717, 1.165) is 12.1 Å². The first-order valence-corrected chi connectivity index (χ1v) is 8.30. The number of hydrogen-bond donors (Lipinski definition) is 0. The predicted octanol–water partition coefficient (Wildman–Crippen LogP) is 3.89. The molecule has 0 spiro atoms. The van der Waals surface area contributed by atoms with Gasteiger partial charge in [-0.1, -0.05) is 6.07 Å². The maximum absolute atomic E-state index is 12.6. The summed E-state index contributed by atoms with van der Waals surface area (Å²) >= 11 is 0. The van der Waals surface area contributed by atoms with E-state index in [2.05, 4.69) is 4.74 Å². The first kappa shape index (κ1) is 18.9. The largest absolute Gasteiger partial charge is 0.573 e. The molecule has 1 aliphatic heterocycles. The molecule has 2 aromatic rings. The maximum atomic E-state index is 12.6. The first-order valence-electron chi connectivity index (χ1n) is 8.30. The smallest absolute Gasteiger partial charge is 0.497 e. The van der Waals surface area contributed by atoms with E-state index in [1.54, 1.807) is 36.3 Å². The van der Waals surface area contributed by atoms with Gasteiger partial charge < -0.3 is 19.1 Å². The van der Waals surface area contributed by atoms with Gasteiger partial charge in [-0.05, 0) is 42.5 Å². The highest BCUT2D eigenvalue weighted by atomic mass is 19.4. The lowest BCUT2D eigenvalue weighted by molar-refractivity contribution is -0.274. The van der Waals surface area contributed by atoms with Gasteiger partial charge in [-0.25, -0.2) is 0 Å². The summed E-state index contributed by atoms with van der Waals surface area (Å²) in [5.74, 6) is 0.601. The van der Waals surface area contributed by atoms with Gasteiger partial charge in [0.1, 0.15) is 23.4 Å². The van der Waals surface area contributed by atoms with Crippen molar-refractivity contribution in [3.8, 4) is 17.2 Å². The van der Waals surface area contributed by atoms with E-state index in [1.807, 2.05) is 0 Å². The average molecular weight is 381 g/mol. The van der Waals surface area contributed by atoms with Gasteiger partial charge in [0, 0.05) is 18.5 Å². The Labute approximate surface area is 154 Å². The lowest BCUT2D eigenvalue weighted by Gasteiger charge is -2.18. The number of hydrogen-bond acceptors (Lipinski definition) is 4. The van der Waals surface area contributed by atoms with Crippen molar-refractivity contribution in [3.63, 3.8) is 0 Å². The third-order valence-corrected chi connectivity index (χ3v) is 4.11. The number of carbonyl (C=O) groups is 1. The van der Waals surface area contributed by atoms with E-state index < -0.39 is 12.1 Å². The summed E-state index contributed by atoms with van der Waals surface area (Å²) < 4.78 is 51.8. The summed E-state index contributed by atoms with van der Waals surface area (Å²) in [6.07, 6.45) is -4.35. The Morgan fingerprint density at radius 2 is 1.78 bits per heavy atom.